The molecule has 0 atom stereocenters. The molecule has 0 radical (unpaired) electrons. The van der Waals surface area contributed by atoms with E-state index in [1.54, 1.807) is 0 Å². The van der Waals surface area contributed by atoms with E-state index in [1.165, 1.54) is 96.2 Å². The summed E-state index contributed by atoms with van der Waals surface area (Å²) in [4.78, 5) is 2.52. The molecule has 0 aliphatic rings. The monoisotopic (exact) mass is 792 g/mol. The van der Waals surface area contributed by atoms with Gasteiger partial charge < -0.3 is 9.47 Å². The van der Waals surface area contributed by atoms with Crippen LogP contribution in [0.25, 0.3) is 102 Å². The normalized spacial score (nSPS) is 11.9. The van der Waals surface area contributed by atoms with Crippen LogP contribution in [0.2, 0.25) is 0 Å². The molecule has 2 nitrogen and oxygen atoms in total. The Morgan fingerprint density at radius 2 is 1.00 bits per heavy atom. The summed E-state index contributed by atoms with van der Waals surface area (Å²) in [5, 5.41) is 15.0. The number of rotatable bonds is 5. The van der Waals surface area contributed by atoms with Gasteiger partial charge in [-0.2, -0.15) is 0 Å². The van der Waals surface area contributed by atoms with Crippen LogP contribution in [0.1, 0.15) is 0 Å². The second-order valence-electron chi connectivity index (χ2n) is 16.1. The van der Waals surface area contributed by atoms with Crippen molar-refractivity contribution in [3.8, 4) is 16.8 Å². The number of para-hydroxylation sites is 1. The van der Waals surface area contributed by atoms with Crippen LogP contribution in [0.5, 0.6) is 0 Å². The second kappa shape index (κ2) is 13.4. The molecule has 0 fully saturated rings. The van der Waals surface area contributed by atoms with Crippen molar-refractivity contribution >= 4 is 113 Å². The van der Waals surface area contributed by atoms with Crippen molar-refractivity contribution in [2.24, 2.45) is 0 Å². The Balaban J connectivity index is 1.10. The zero-order chi connectivity index (χ0) is 40.0. The van der Waals surface area contributed by atoms with E-state index in [0.29, 0.717) is 0 Å². The average molecular weight is 793 g/mol. The smallest absolute Gasteiger partial charge is 0.0562 e. The molecule has 13 aromatic rings. The van der Waals surface area contributed by atoms with Gasteiger partial charge >= 0.3 is 0 Å². The molecule has 3 heteroatoms. The highest BCUT2D eigenvalue weighted by Gasteiger charge is 2.24. The first-order valence-electron chi connectivity index (χ1n) is 20.9. The molecule has 0 bridgehead atoms. The Hall–Kier alpha value is -7.72. The fourth-order valence-electron chi connectivity index (χ4n) is 9.91. The minimum Gasteiger partial charge on any atom is -0.309 e. The Morgan fingerprint density at radius 3 is 1.84 bits per heavy atom. The molecule has 0 aliphatic heterocycles. The zero-order valence-corrected chi connectivity index (χ0v) is 33.9. The first-order chi connectivity index (χ1) is 30.2. The van der Waals surface area contributed by atoms with Crippen LogP contribution in [-0.2, 0) is 0 Å². The van der Waals surface area contributed by atoms with Gasteiger partial charge in [-0.1, -0.05) is 164 Å². The van der Waals surface area contributed by atoms with Crippen LogP contribution in [0, 0.1) is 0 Å². The topological polar surface area (TPSA) is 8.17 Å². The standard InChI is InChI=1S/C58H36N2S/c1-3-15-40-34-42(25-24-37(40)12-1)45-32-33-53(48-19-8-7-18-47(45)48)60(44-29-31-49-50-30-27-39-14-5-6-17-46(39)58(50)61-56(49)36-44)55-23-11-22-54-57(55)51-20-9-10-21-52(51)59(54)43-28-26-38-13-2-4-16-41(38)35-43/h1-36H. The van der Waals surface area contributed by atoms with Gasteiger partial charge in [-0.25, -0.2) is 0 Å². The number of thiophene rings is 1. The van der Waals surface area contributed by atoms with E-state index in [-0.39, 0.29) is 0 Å². The number of benzene rings is 11. The van der Waals surface area contributed by atoms with E-state index in [2.05, 4.69) is 228 Å². The summed E-state index contributed by atoms with van der Waals surface area (Å²) >= 11 is 1.89. The SMILES string of the molecule is c1ccc2cc(-c3ccc(N(c4ccc5c(c4)sc4c6ccccc6ccc54)c4cccc5c4c4ccccc4n5-c4ccc5ccccc5c4)c4ccccc34)ccc2c1. The second-order valence-corrected chi connectivity index (χ2v) is 17.1. The third-order valence-corrected chi connectivity index (χ3v) is 13.9. The van der Waals surface area contributed by atoms with Crippen molar-refractivity contribution in [1.29, 1.82) is 0 Å². The van der Waals surface area contributed by atoms with E-state index >= 15 is 0 Å². The van der Waals surface area contributed by atoms with E-state index in [4.69, 9.17) is 0 Å². The maximum atomic E-state index is 2.52. The summed E-state index contributed by atoms with van der Waals surface area (Å²) in [5.41, 5.74) is 9.35. The summed E-state index contributed by atoms with van der Waals surface area (Å²) in [7, 11) is 0. The highest BCUT2D eigenvalue weighted by molar-refractivity contribution is 7.26. The maximum absolute atomic E-state index is 2.52. The molecule has 0 unspecified atom stereocenters. The minimum absolute atomic E-state index is 1.13. The lowest BCUT2D eigenvalue weighted by atomic mass is 9.94. The quantitative estimate of drug-likeness (QED) is 0.169. The lowest BCUT2D eigenvalue weighted by Gasteiger charge is -2.28. The van der Waals surface area contributed by atoms with Gasteiger partial charge in [-0.3, -0.25) is 0 Å². The predicted octanol–water partition coefficient (Wildman–Crippen LogP) is 16.9. The first kappa shape index (κ1) is 34.2. The van der Waals surface area contributed by atoms with Crippen molar-refractivity contribution in [2.45, 2.75) is 0 Å². The van der Waals surface area contributed by atoms with Crippen molar-refractivity contribution < 1.29 is 0 Å². The molecule has 0 saturated carbocycles. The number of nitrogens with zero attached hydrogens (tertiary/aromatic N) is 2. The maximum Gasteiger partial charge on any atom is 0.0562 e. The molecule has 0 amide bonds. The summed E-state index contributed by atoms with van der Waals surface area (Å²) in [6.45, 7) is 0. The Labute approximate surface area is 356 Å². The summed E-state index contributed by atoms with van der Waals surface area (Å²) in [5.74, 6) is 0. The fourth-order valence-corrected chi connectivity index (χ4v) is 11.2. The van der Waals surface area contributed by atoms with Crippen molar-refractivity contribution in [2.75, 3.05) is 4.90 Å². The van der Waals surface area contributed by atoms with Gasteiger partial charge in [0, 0.05) is 47.7 Å². The zero-order valence-electron chi connectivity index (χ0n) is 33.1. The highest BCUT2D eigenvalue weighted by Crippen LogP contribution is 2.49. The minimum atomic E-state index is 1.13. The van der Waals surface area contributed by atoms with E-state index in [1.807, 2.05) is 11.3 Å². The van der Waals surface area contributed by atoms with Crippen molar-refractivity contribution in [1.82, 2.24) is 4.57 Å². The predicted molar refractivity (Wildman–Crippen MR) is 264 cm³/mol. The van der Waals surface area contributed by atoms with Crippen LogP contribution in [0.4, 0.5) is 17.1 Å². The molecule has 2 aromatic heterocycles. The van der Waals surface area contributed by atoms with Crippen LogP contribution < -0.4 is 4.90 Å². The third-order valence-electron chi connectivity index (χ3n) is 12.7. The van der Waals surface area contributed by atoms with Gasteiger partial charge in [0.05, 0.1) is 22.4 Å². The molecule has 0 saturated heterocycles. The molecule has 13 rings (SSSR count). The highest BCUT2D eigenvalue weighted by atomic mass is 32.1. The van der Waals surface area contributed by atoms with E-state index in [9.17, 15) is 0 Å². The molecule has 0 aliphatic carbocycles. The van der Waals surface area contributed by atoms with Gasteiger partial charge in [0.2, 0.25) is 0 Å². The van der Waals surface area contributed by atoms with Crippen LogP contribution in [-0.4, -0.2) is 4.57 Å². The molecule has 11 aromatic carbocycles. The summed E-state index contributed by atoms with van der Waals surface area (Å²) in [6.07, 6.45) is 0. The summed E-state index contributed by atoms with van der Waals surface area (Å²) in [6, 6.07) is 80.7. The first-order valence-corrected chi connectivity index (χ1v) is 21.7. The molecule has 2 heterocycles. The lowest BCUT2D eigenvalue weighted by molar-refractivity contribution is 1.18. The number of aromatic nitrogens is 1. The Bertz CT molecular complexity index is 3910. The van der Waals surface area contributed by atoms with E-state index < -0.39 is 0 Å². The number of hydrogen-bond donors (Lipinski definition) is 0. The molecule has 0 spiro atoms. The lowest BCUT2D eigenvalue weighted by Crippen LogP contribution is -2.11. The molecule has 61 heavy (non-hydrogen) atoms. The van der Waals surface area contributed by atoms with Crippen molar-refractivity contribution in [3.63, 3.8) is 0 Å². The Morgan fingerprint density at radius 1 is 0.361 bits per heavy atom. The average Bonchev–Trinajstić information content (AvgIpc) is 3.87. The summed E-state index contributed by atoms with van der Waals surface area (Å²) < 4.78 is 5.05. The number of anilines is 3. The van der Waals surface area contributed by atoms with Gasteiger partial charge in [-0.05, 0) is 103 Å². The molecule has 284 valence electrons. The molecular weight excluding hydrogens is 757 g/mol. The molecular formula is C58H36N2S. The number of hydrogen-bond acceptors (Lipinski definition) is 2. The third kappa shape index (κ3) is 5.28. The van der Waals surface area contributed by atoms with Crippen LogP contribution >= 0.6 is 11.3 Å². The van der Waals surface area contributed by atoms with Gasteiger partial charge in [0.15, 0.2) is 0 Å². The van der Waals surface area contributed by atoms with Crippen LogP contribution in [0.15, 0.2) is 218 Å². The van der Waals surface area contributed by atoms with Gasteiger partial charge in [-0.15, -0.1) is 11.3 Å². The largest absolute Gasteiger partial charge is 0.309 e. The van der Waals surface area contributed by atoms with Gasteiger partial charge in [0.1, 0.15) is 0 Å². The molecule has 0 N–H and O–H groups in total. The van der Waals surface area contributed by atoms with Crippen molar-refractivity contribution in [3.05, 3.63) is 218 Å². The van der Waals surface area contributed by atoms with Crippen LogP contribution in [0.3, 0.4) is 0 Å². The number of fused-ring (bicyclic) bond motifs is 11. The fraction of sp³-hybridized carbons (Fsp3) is 0. The van der Waals surface area contributed by atoms with Gasteiger partial charge in [0.25, 0.3) is 0 Å². The van der Waals surface area contributed by atoms with E-state index in [0.717, 1.165) is 22.7 Å². The Kier molecular flexibility index (Phi) is 7.51.